The van der Waals surface area contributed by atoms with Crippen molar-refractivity contribution in [1.82, 2.24) is 9.80 Å². The molecule has 1 saturated carbocycles. The average Bonchev–Trinajstić information content (AvgIpc) is 2.76. The maximum atomic E-state index is 12.4. The fourth-order valence-corrected chi connectivity index (χ4v) is 5.13. The average molecular weight is 459 g/mol. The molecular weight excluding hydrogens is 420 g/mol. The van der Waals surface area contributed by atoms with Crippen LogP contribution in [0.15, 0.2) is 30.3 Å². The standard InChI is InChI=1S/C26H38N2O5/c1-25(2,3)33-24(30)28-18-26(19-28)13-9-21(10-14-26)32-22-11-15-27(16-12-22)23(29)31-17-20-7-5-4-6-8-20/h4-8,21-22H,9-19H2,1-3H3. The first-order valence-electron chi connectivity index (χ1n) is 12.3. The van der Waals surface area contributed by atoms with Gasteiger partial charge in [-0.2, -0.15) is 0 Å². The number of piperidine rings is 1. The molecule has 2 aliphatic heterocycles. The van der Waals surface area contributed by atoms with Gasteiger partial charge in [-0.15, -0.1) is 0 Å². The Bertz CT molecular complexity index is 798. The Labute approximate surface area is 197 Å². The van der Waals surface area contributed by atoms with Gasteiger partial charge in [0.25, 0.3) is 0 Å². The van der Waals surface area contributed by atoms with E-state index in [1.54, 1.807) is 4.90 Å². The molecule has 0 bridgehead atoms. The molecule has 1 aromatic carbocycles. The lowest BCUT2D eigenvalue weighted by atomic mass is 9.68. The highest BCUT2D eigenvalue weighted by Crippen LogP contribution is 2.45. The van der Waals surface area contributed by atoms with Crippen LogP contribution >= 0.6 is 0 Å². The predicted molar refractivity (Wildman–Crippen MR) is 125 cm³/mol. The van der Waals surface area contributed by atoms with E-state index < -0.39 is 5.60 Å². The summed E-state index contributed by atoms with van der Waals surface area (Å²) in [5, 5.41) is 0. The quantitative estimate of drug-likeness (QED) is 0.636. The minimum atomic E-state index is -0.445. The van der Waals surface area contributed by atoms with Gasteiger partial charge in [-0.05, 0) is 64.9 Å². The Hall–Kier alpha value is -2.28. The summed E-state index contributed by atoms with van der Waals surface area (Å²) in [6, 6.07) is 9.76. The molecule has 1 spiro atoms. The number of carbonyl (C=O) groups is 2. The minimum absolute atomic E-state index is 0.194. The smallest absolute Gasteiger partial charge is 0.410 e. The van der Waals surface area contributed by atoms with Gasteiger partial charge < -0.3 is 24.0 Å². The Balaban J connectivity index is 1.12. The highest BCUT2D eigenvalue weighted by molar-refractivity contribution is 5.69. The van der Waals surface area contributed by atoms with Crippen molar-refractivity contribution < 1.29 is 23.8 Å². The third-order valence-electron chi connectivity index (χ3n) is 6.99. The summed E-state index contributed by atoms with van der Waals surface area (Å²) in [6.45, 7) is 8.99. The number of benzene rings is 1. The van der Waals surface area contributed by atoms with Crippen LogP contribution in [0.5, 0.6) is 0 Å². The number of amides is 2. The zero-order valence-electron chi connectivity index (χ0n) is 20.3. The molecule has 0 N–H and O–H groups in total. The number of nitrogens with zero attached hydrogens (tertiary/aromatic N) is 2. The molecule has 182 valence electrons. The molecule has 0 radical (unpaired) electrons. The summed E-state index contributed by atoms with van der Waals surface area (Å²) >= 11 is 0. The Kier molecular flexibility index (Phi) is 7.17. The minimum Gasteiger partial charge on any atom is -0.445 e. The third kappa shape index (κ3) is 6.40. The zero-order valence-corrected chi connectivity index (χ0v) is 20.3. The molecule has 1 aliphatic carbocycles. The van der Waals surface area contributed by atoms with E-state index in [2.05, 4.69) is 0 Å². The highest BCUT2D eigenvalue weighted by atomic mass is 16.6. The molecule has 33 heavy (non-hydrogen) atoms. The molecule has 0 unspecified atom stereocenters. The summed E-state index contributed by atoms with van der Waals surface area (Å²) in [4.78, 5) is 28.2. The predicted octanol–water partition coefficient (Wildman–Crippen LogP) is 4.98. The first-order valence-corrected chi connectivity index (χ1v) is 12.3. The first-order chi connectivity index (χ1) is 15.7. The van der Waals surface area contributed by atoms with Gasteiger partial charge in [-0.3, -0.25) is 0 Å². The van der Waals surface area contributed by atoms with Crippen molar-refractivity contribution >= 4 is 12.2 Å². The Morgan fingerprint density at radius 1 is 0.909 bits per heavy atom. The van der Waals surface area contributed by atoms with E-state index in [1.807, 2.05) is 56.0 Å². The van der Waals surface area contributed by atoms with Crippen molar-refractivity contribution in [3.63, 3.8) is 0 Å². The van der Waals surface area contributed by atoms with E-state index in [-0.39, 0.29) is 29.8 Å². The Morgan fingerprint density at radius 2 is 1.52 bits per heavy atom. The number of likely N-dealkylation sites (tertiary alicyclic amines) is 2. The number of hydrogen-bond acceptors (Lipinski definition) is 5. The van der Waals surface area contributed by atoms with E-state index in [9.17, 15) is 9.59 Å². The second-order valence-electron chi connectivity index (χ2n) is 10.9. The number of ether oxygens (including phenoxy) is 3. The molecule has 7 nitrogen and oxygen atoms in total. The fourth-order valence-electron chi connectivity index (χ4n) is 5.13. The topological polar surface area (TPSA) is 68.3 Å². The molecule has 1 aromatic rings. The van der Waals surface area contributed by atoms with Crippen molar-refractivity contribution in [2.75, 3.05) is 26.2 Å². The molecule has 2 saturated heterocycles. The van der Waals surface area contributed by atoms with E-state index in [4.69, 9.17) is 14.2 Å². The maximum absolute atomic E-state index is 12.4. The number of rotatable bonds is 4. The first kappa shape index (κ1) is 23.9. The molecule has 0 aromatic heterocycles. The van der Waals surface area contributed by atoms with Crippen LogP contribution in [0, 0.1) is 5.41 Å². The van der Waals surface area contributed by atoms with Gasteiger partial charge in [0.15, 0.2) is 0 Å². The van der Waals surface area contributed by atoms with Gasteiger partial charge in [0.1, 0.15) is 12.2 Å². The normalized spacial score (nSPS) is 21.5. The maximum Gasteiger partial charge on any atom is 0.410 e. The largest absolute Gasteiger partial charge is 0.445 e. The van der Waals surface area contributed by atoms with Crippen LogP contribution in [0.3, 0.4) is 0 Å². The van der Waals surface area contributed by atoms with Crippen LogP contribution in [0.2, 0.25) is 0 Å². The molecular formula is C26H38N2O5. The lowest BCUT2D eigenvalue weighted by Crippen LogP contribution is -2.60. The van der Waals surface area contributed by atoms with Crippen molar-refractivity contribution in [2.45, 2.75) is 83.7 Å². The highest BCUT2D eigenvalue weighted by Gasteiger charge is 2.48. The third-order valence-corrected chi connectivity index (χ3v) is 6.99. The van der Waals surface area contributed by atoms with Crippen LogP contribution in [0.1, 0.15) is 64.9 Å². The van der Waals surface area contributed by atoms with Crippen LogP contribution in [-0.2, 0) is 20.8 Å². The lowest BCUT2D eigenvalue weighted by molar-refractivity contribution is -0.0993. The summed E-state index contributed by atoms with van der Waals surface area (Å²) < 4.78 is 17.3. The lowest BCUT2D eigenvalue weighted by Gasteiger charge is -2.53. The van der Waals surface area contributed by atoms with Gasteiger partial charge in [0, 0.05) is 31.6 Å². The van der Waals surface area contributed by atoms with Crippen molar-refractivity contribution in [3.8, 4) is 0 Å². The number of hydrogen-bond donors (Lipinski definition) is 0. The second kappa shape index (κ2) is 9.92. The van der Waals surface area contributed by atoms with Crippen molar-refractivity contribution in [1.29, 1.82) is 0 Å². The summed E-state index contributed by atoms with van der Waals surface area (Å²) in [5.74, 6) is 0. The SMILES string of the molecule is CC(C)(C)OC(=O)N1CC2(CCC(OC3CCN(C(=O)OCc4ccccc4)CC3)CC2)C1. The van der Waals surface area contributed by atoms with Crippen molar-refractivity contribution in [2.24, 2.45) is 5.41 Å². The molecule has 0 atom stereocenters. The monoisotopic (exact) mass is 458 g/mol. The van der Waals surface area contributed by atoms with Crippen LogP contribution in [0.25, 0.3) is 0 Å². The van der Waals surface area contributed by atoms with Gasteiger partial charge >= 0.3 is 12.2 Å². The molecule has 7 heteroatoms. The van der Waals surface area contributed by atoms with Gasteiger partial charge in [-0.25, -0.2) is 9.59 Å². The number of carbonyl (C=O) groups excluding carboxylic acids is 2. The summed E-state index contributed by atoms with van der Waals surface area (Å²) in [6.07, 6.45) is 6.06. The van der Waals surface area contributed by atoms with E-state index >= 15 is 0 Å². The Morgan fingerprint density at radius 3 is 2.12 bits per heavy atom. The van der Waals surface area contributed by atoms with Crippen LogP contribution < -0.4 is 0 Å². The van der Waals surface area contributed by atoms with Crippen LogP contribution in [0.4, 0.5) is 9.59 Å². The molecule has 3 aliphatic rings. The van der Waals surface area contributed by atoms with Gasteiger partial charge in [0.05, 0.1) is 12.2 Å². The fraction of sp³-hybridized carbons (Fsp3) is 0.692. The molecule has 2 heterocycles. The zero-order chi connectivity index (χ0) is 23.5. The van der Waals surface area contributed by atoms with Gasteiger partial charge in [-0.1, -0.05) is 30.3 Å². The van der Waals surface area contributed by atoms with Crippen LogP contribution in [-0.4, -0.2) is 66.0 Å². The summed E-state index contributed by atoms with van der Waals surface area (Å²) in [5.41, 5.74) is 0.808. The molecule has 2 amide bonds. The van der Waals surface area contributed by atoms with E-state index in [0.29, 0.717) is 19.7 Å². The van der Waals surface area contributed by atoms with E-state index in [1.165, 1.54) is 0 Å². The summed E-state index contributed by atoms with van der Waals surface area (Å²) in [7, 11) is 0. The van der Waals surface area contributed by atoms with Crippen molar-refractivity contribution in [3.05, 3.63) is 35.9 Å². The second-order valence-corrected chi connectivity index (χ2v) is 10.9. The molecule has 4 rings (SSSR count). The van der Waals surface area contributed by atoms with Gasteiger partial charge in [0.2, 0.25) is 0 Å². The van der Waals surface area contributed by atoms with E-state index in [0.717, 1.165) is 57.2 Å². The molecule has 3 fully saturated rings.